The summed E-state index contributed by atoms with van der Waals surface area (Å²) in [6.07, 6.45) is 0. The summed E-state index contributed by atoms with van der Waals surface area (Å²) in [7, 11) is 0. The van der Waals surface area contributed by atoms with E-state index < -0.39 is 5.92 Å². The number of hydrogen-bond acceptors (Lipinski definition) is 3. The van der Waals surface area contributed by atoms with Crippen LogP contribution in [0.5, 0.6) is 0 Å². The molecule has 1 atom stereocenters. The largest absolute Gasteiger partial charge is 0.392 e. The molecule has 5 heteroatoms. The van der Waals surface area contributed by atoms with E-state index in [-0.39, 0.29) is 10.9 Å². The molecule has 114 valence electrons. The zero-order valence-corrected chi connectivity index (χ0v) is 13.5. The van der Waals surface area contributed by atoms with Gasteiger partial charge in [0.25, 0.3) is 0 Å². The lowest BCUT2D eigenvalue weighted by Crippen LogP contribution is -2.52. The van der Waals surface area contributed by atoms with Crippen LogP contribution in [0.25, 0.3) is 0 Å². The van der Waals surface area contributed by atoms with Crippen LogP contribution in [0.15, 0.2) is 30.3 Å². The van der Waals surface area contributed by atoms with Crippen LogP contribution in [-0.4, -0.2) is 52.9 Å². The standard InChI is InChI=1S/C16H23N3OS/c1-12(2)18-8-10-19(11-9-18)16(20)14(15(17)21)13-6-4-3-5-7-13/h3-7,12,14H,8-11H2,1-2H3,(H2,17,21). The van der Waals surface area contributed by atoms with E-state index in [9.17, 15) is 4.79 Å². The minimum absolute atomic E-state index is 0.0251. The average molecular weight is 305 g/mol. The Morgan fingerprint density at radius 1 is 1.14 bits per heavy atom. The Labute approximate surface area is 131 Å². The molecule has 21 heavy (non-hydrogen) atoms. The quantitative estimate of drug-likeness (QED) is 0.859. The number of thiocarbonyl (C=S) groups is 1. The Morgan fingerprint density at radius 2 is 1.71 bits per heavy atom. The van der Waals surface area contributed by atoms with Gasteiger partial charge in [0, 0.05) is 32.2 Å². The molecule has 1 aliphatic heterocycles. The maximum atomic E-state index is 12.8. The smallest absolute Gasteiger partial charge is 0.237 e. The number of rotatable bonds is 4. The van der Waals surface area contributed by atoms with E-state index in [1.807, 2.05) is 35.2 Å². The number of nitrogens with zero attached hydrogens (tertiary/aromatic N) is 2. The molecule has 1 saturated heterocycles. The molecule has 1 aliphatic rings. The Hall–Kier alpha value is -1.46. The molecule has 2 N–H and O–H groups in total. The van der Waals surface area contributed by atoms with Gasteiger partial charge in [0.2, 0.25) is 5.91 Å². The van der Waals surface area contributed by atoms with Gasteiger partial charge in [-0.05, 0) is 19.4 Å². The monoisotopic (exact) mass is 305 g/mol. The van der Waals surface area contributed by atoms with E-state index >= 15 is 0 Å². The van der Waals surface area contributed by atoms with E-state index in [1.165, 1.54) is 0 Å². The molecule has 1 aromatic rings. The maximum absolute atomic E-state index is 12.8. The number of carbonyl (C=O) groups is 1. The first-order chi connectivity index (χ1) is 10.0. The van der Waals surface area contributed by atoms with Crippen LogP contribution in [0.2, 0.25) is 0 Å². The Balaban J connectivity index is 2.09. The van der Waals surface area contributed by atoms with E-state index in [0.29, 0.717) is 6.04 Å². The first-order valence-electron chi connectivity index (χ1n) is 7.38. The molecular formula is C16H23N3OS. The van der Waals surface area contributed by atoms with Gasteiger partial charge >= 0.3 is 0 Å². The summed E-state index contributed by atoms with van der Waals surface area (Å²) in [6, 6.07) is 10.1. The molecule has 0 radical (unpaired) electrons. The maximum Gasteiger partial charge on any atom is 0.237 e. The first kappa shape index (κ1) is 15.9. The molecule has 0 bridgehead atoms. The molecule has 1 amide bonds. The Morgan fingerprint density at radius 3 is 2.19 bits per heavy atom. The number of nitrogens with two attached hydrogens (primary N) is 1. The fraction of sp³-hybridized carbons (Fsp3) is 0.500. The summed E-state index contributed by atoms with van der Waals surface area (Å²) in [4.78, 5) is 17.3. The fourth-order valence-corrected chi connectivity index (χ4v) is 2.95. The van der Waals surface area contributed by atoms with E-state index in [1.54, 1.807) is 0 Å². The second-order valence-electron chi connectivity index (χ2n) is 5.70. The van der Waals surface area contributed by atoms with Gasteiger partial charge in [0.15, 0.2) is 0 Å². The van der Waals surface area contributed by atoms with Gasteiger partial charge in [-0.25, -0.2) is 0 Å². The average Bonchev–Trinajstić information content (AvgIpc) is 2.48. The van der Waals surface area contributed by atoms with Crippen molar-refractivity contribution in [1.82, 2.24) is 9.80 Å². The van der Waals surface area contributed by atoms with Crippen molar-refractivity contribution in [3.63, 3.8) is 0 Å². The molecule has 1 heterocycles. The van der Waals surface area contributed by atoms with Gasteiger partial charge in [-0.1, -0.05) is 42.5 Å². The summed E-state index contributed by atoms with van der Waals surface area (Å²) in [5.74, 6) is -0.482. The van der Waals surface area contributed by atoms with Crippen LogP contribution in [-0.2, 0) is 4.79 Å². The van der Waals surface area contributed by atoms with Crippen molar-refractivity contribution >= 4 is 23.1 Å². The van der Waals surface area contributed by atoms with Crippen molar-refractivity contribution in [2.24, 2.45) is 5.73 Å². The predicted octanol–water partition coefficient (Wildman–Crippen LogP) is 1.61. The molecular weight excluding hydrogens is 282 g/mol. The summed E-state index contributed by atoms with van der Waals surface area (Å²) in [5, 5.41) is 0. The molecule has 2 rings (SSSR count). The van der Waals surface area contributed by atoms with Gasteiger partial charge < -0.3 is 10.6 Å². The van der Waals surface area contributed by atoms with Crippen molar-refractivity contribution in [1.29, 1.82) is 0 Å². The highest BCUT2D eigenvalue weighted by Crippen LogP contribution is 2.20. The third kappa shape index (κ3) is 3.80. The van der Waals surface area contributed by atoms with Crippen LogP contribution >= 0.6 is 12.2 Å². The highest BCUT2D eigenvalue weighted by atomic mass is 32.1. The van der Waals surface area contributed by atoms with Gasteiger partial charge in [0.1, 0.15) is 5.92 Å². The summed E-state index contributed by atoms with van der Waals surface area (Å²) >= 11 is 5.13. The topological polar surface area (TPSA) is 49.6 Å². The lowest BCUT2D eigenvalue weighted by molar-refractivity contribution is -0.133. The Bertz CT molecular complexity index is 496. The van der Waals surface area contributed by atoms with Crippen LogP contribution in [0, 0.1) is 0 Å². The normalized spacial score (nSPS) is 17.8. The molecule has 0 spiro atoms. The van der Waals surface area contributed by atoms with Crippen molar-refractivity contribution in [2.45, 2.75) is 25.8 Å². The first-order valence-corrected chi connectivity index (χ1v) is 7.78. The van der Waals surface area contributed by atoms with Crippen LogP contribution < -0.4 is 5.73 Å². The van der Waals surface area contributed by atoms with Gasteiger partial charge in [-0.15, -0.1) is 0 Å². The van der Waals surface area contributed by atoms with Gasteiger partial charge in [-0.3, -0.25) is 9.69 Å². The summed E-state index contributed by atoms with van der Waals surface area (Å²) < 4.78 is 0. The third-order valence-electron chi connectivity index (χ3n) is 4.02. The molecule has 1 unspecified atom stereocenters. The van der Waals surface area contributed by atoms with E-state index in [4.69, 9.17) is 18.0 Å². The number of carbonyl (C=O) groups excluding carboxylic acids is 1. The van der Waals surface area contributed by atoms with Gasteiger partial charge in [-0.2, -0.15) is 0 Å². The zero-order chi connectivity index (χ0) is 15.4. The van der Waals surface area contributed by atoms with Crippen molar-refractivity contribution in [3.05, 3.63) is 35.9 Å². The van der Waals surface area contributed by atoms with Gasteiger partial charge in [0.05, 0.1) is 4.99 Å². The SMILES string of the molecule is CC(C)N1CCN(C(=O)C(C(N)=S)c2ccccc2)CC1. The summed E-state index contributed by atoms with van der Waals surface area (Å²) in [5.41, 5.74) is 6.70. The number of benzene rings is 1. The van der Waals surface area contributed by atoms with Crippen LogP contribution in [0.3, 0.4) is 0 Å². The van der Waals surface area contributed by atoms with Crippen LogP contribution in [0.4, 0.5) is 0 Å². The Kier molecular flexibility index (Phi) is 5.31. The lowest BCUT2D eigenvalue weighted by Gasteiger charge is -2.38. The fourth-order valence-electron chi connectivity index (χ4n) is 2.72. The van der Waals surface area contributed by atoms with Crippen molar-refractivity contribution < 1.29 is 4.79 Å². The number of piperazine rings is 1. The lowest BCUT2D eigenvalue weighted by atomic mass is 9.97. The molecule has 1 fully saturated rings. The second kappa shape index (κ2) is 7.00. The molecule has 4 nitrogen and oxygen atoms in total. The second-order valence-corrected chi connectivity index (χ2v) is 6.17. The van der Waals surface area contributed by atoms with Crippen molar-refractivity contribution in [3.8, 4) is 0 Å². The molecule has 1 aromatic carbocycles. The molecule has 0 aliphatic carbocycles. The highest BCUT2D eigenvalue weighted by molar-refractivity contribution is 7.80. The minimum atomic E-state index is -0.508. The predicted molar refractivity (Wildman–Crippen MR) is 89.3 cm³/mol. The minimum Gasteiger partial charge on any atom is -0.392 e. The number of hydrogen-bond donors (Lipinski definition) is 1. The van der Waals surface area contributed by atoms with E-state index in [0.717, 1.165) is 31.7 Å². The summed E-state index contributed by atoms with van der Waals surface area (Å²) in [6.45, 7) is 7.65. The highest BCUT2D eigenvalue weighted by Gasteiger charge is 2.30. The zero-order valence-electron chi connectivity index (χ0n) is 12.7. The van der Waals surface area contributed by atoms with Crippen molar-refractivity contribution in [2.75, 3.05) is 26.2 Å². The molecule has 0 saturated carbocycles. The third-order valence-corrected chi connectivity index (χ3v) is 4.26. The van der Waals surface area contributed by atoms with Crippen LogP contribution in [0.1, 0.15) is 25.3 Å². The van der Waals surface area contributed by atoms with E-state index in [2.05, 4.69) is 18.7 Å². The molecule has 0 aromatic heterocycles. The number of amides is 1.